The zero-order valence-electron chi connectivity index (χ0n) is 9.26. The summed E-state index contributed by atoms with van der Waals surface area (Å²) in [6.07, 6.45) is -6.79. The van der Waals surface area contributed by atoms with Gasteiger partial charge < -0.3 is 5.32 Å². The van der Waals surface area contributed by atoms with Crippen molar-refractivity contribution in [3.8, 4) is 0 Å². The third-order valence-corrected chi connectivity index (χ3v) is 3.26. The van der Waals surface area contributed by atoms with Crippen LogP contribution in [0.5, 0.6) is 0 Å². The first-order chi connectivity index (χ1) is 8.90. The fraction of sp³-hybridized carbons (Fsp3) is 0.222. The molecule has 0 atom stereocenters. The van der Waals surface area contributed by atoms with Crippen LogP contribution >= 0.6 is 10.7 Å². The molecule has 0 saturated heterocycles. The van der Waals surface area contributed by atoms with Gasteiger partial charge in [-0.3, -0.25) is 4.79 Å². The van der Waals surface area contributed by atoms with Crippen LogP contribution < -0.4 is 5.32 Å². The monoisotopic (exact) mass is 337 g/mol. The Kier molecular flexibility index (Phi) is 4.59. The van der Waals surface area contributed by atoms with Crippen molar-refractivity contribution in [2.45, 2.75) is 17.5 Å². The Morgan fingerprint density at radius 3 is 2.00 bits per heavy atom. The van der Waals surface area contributed by atoms with Crippen LogP contribution in [-0.2, 0) is 13.8 Å². The van der Waals surface area contributed by atoms with Crippen molar-refractivity contribution in [2.24, 2.45) is 0 Å². The molecule has 0 spiro atoms. The van der Waals surface area contributed by atoms with E-state index in [9.17, 15) is 35.2 Å². The molecule has 11 heteroatoms. The average Bonchev–Trinajstić information content (AvgIpc) is 2.19. The van der Waals surface area contributed by atoms with Gasteiger partial charge in [0.1, 0.15) is 12.1 Å². The Morgan fingerprint density at radius 1 is 1.20 bits per heavy atom. The molecule has 1 N–H and O–H groups in total. The summed E-state index contributed by atoms with van der Waals surface area (Å²) in [4.78, 5) is 9.98. The number of anilines is 1. The summed E-state index contributed by atoms with van der Waals surface area (Å²) in [6, 6.07) is 0.545. The number of rotatable bonds is 3. The highest BCUT2D eigenvalue weighted by Gasteiger charge is 2.32. The van der Waals surface area contributed by atoms with Crippen LogP contribution in [-0.4, -0.2) is 20.5 Å². The first-order valence-electron chi connectivity index (χ1n) is 4.70. The van der Waals surface area contributed by atoms with Gasteiger partial charge in [-0.15, -0.1) is 0 Å². The second-order valence-corrected chi connectivity index (χ2v) is 6.11. The van der Waals surface area contributed by atoms with Crippen molar-refractivity contribution < 1.29 is 35.2 Å². The van der Waals surface area contributed by atoms with E-state index in [-0.39, 0.29) is 12.1 Å². The number of nitrogens with one attached hydrogen (secondary N) is 1. The normalized spacial score (nSPS) is 12.3. The molecular weight excluding hydrogens is 333 g/mol. The lowest BCUT2D eigenvalue weighted by Crippen LogP contribution is -2.22. The van der Waals surface area contributed by atoms with Gasteiger partial charge in [0.25, 0.3) is 9.05 Å². The van der Waals surface area contributed by atoms with Crippen LogP contribution in [0.3, 0.4) is 0 Å². The van der Waals surface area contributed by atoms with Crippen LogP contribution in [0.15, 0.2) is 17.0 Å². The number of alkyl halides is 3. The van der Waals surface area contributed by atoms with Crippen molar-refractivity contribution in [3.05, 3.63) is 23.8 Å². The predicted octanol–water partition coefficient (Wildman–Crippen LogP) is 2.78. The number of carbonyl (C=O) groups excluding carboxylic acids is 1. The second kappa shape index (κ2) is 5.52. The minimum Gasteiger partial charge on any atom is -0.321 e. The maximum atomic E-state index is 13.4. The lowest BCUT2D eigenvalue weighted by Gasteiger charge is -2.10. The summed E-state index contributed by atoms with van der Waals surface area (Å²) in [5, 5.41) is 1.37. The van der Waals surface area contributed by atoms with Crippen molar-refractivity contribution in [2.75, 3.05) is 5.32 Å². The molecule has 1 aromatic carbocycles. The van der Waals surface area contributed by atoms with E-state index in [0.717, 1.165) is 0 Å². The van der Waals surface area contributed by atoms with E-state index in [4.69, 9.17) is 10.7 Å². The Hall–Kier alpha value is -1.42. The van der Waals surface area contributed by atoms with Crippen molar-refractivity contribution in [1.82, 2.24) is 0 Å². The molecule has 0 aromatic heterocycles. The first kappa shape index (κ1) is 16.6. The molecular formula is C9H5ClF5NO3S. The summed E-state index contributed by atoms with van der Waals surface area (Å²) in [5.74, 6) is -4.84. The average molecular weight is 338 g/mol. The summed E-state index contributed by atoms with van der Waals surface area (Å²) in [5.41, 5.74) is -1.19. The van der Waals surface area contributed by atoms with Gasteiger partial charge >= 0.3 is 6.18 Å². The van der Waals surface area contributed by atoms with Gasteiger partial charge in [0.2, 0.25) is 5.91 Å². The molecule has 0 heterocycles. The highest BCUT2D eigenvalue weighted by molar-refractivity contribution is 8.13. The summed E-state index contributed by atoms with van der Waals surface area (Å²) in [6.45, 7) is 0. The third kappa shape index (κ3) is 4.60. The molecule has 0 unspecified atom stereocenters. The summed E-state index contributed by atoms with van der Waals surface area (Å²) in [7, 11) is 0.428. The Balaban J connectivity index is 3.07. The zero-order valence-corrected chi connectivity index (χ0v) is 10.8. The molecule has 4 nitrogen and oxygen atoms in total. The van der Waals surface area contributed by atoms with Crippen LogP contribution in [0.25, 0.3) is 0 Å². The molecule has 1 amide bonds. The third-order valence-electron chi connectivity index (χ3n) is 1.92. The topological polar surface area (TPSA) is 63.2 Å². The molecule has 0 radical (unpaired) electrons. The molecule has 0 fully saturated rings. The minimum atomic E-state index is -4.85. The number of benzene rings is 1. The highest BCUT2D eigenvalue weighted by Crippen LogP contribution is 2.26. The van der Waals surface area contributed by atoms with Gasteiger partial charge in [-0.1, -0.05) is 0 Å². The zero-order chi connectivity index (χ0) is 15.7. The maximum absolute atomic E-state index is 13.4. The number of carbonyl (C=O) groups is 1. The van der Waals surface area contributed by atoms with Crippen LogP contribution in [0.2, 0.25) is 0 Å². The van der Waals surface area contributed by atoms with Gasteiger partial charge in [0.15, 0.2) is 11.6 Å². The Bertz CT molecular complexity index is 620. The molecule has 1 aromatic rings. The highest BCUT2D eigenvalue weighted by atomic mass is 35.7. The van der Waals surface area contributed by atoms with E-state index in [0.29, 0.717) is 0 Å². The number of halogens is 6. The van der Waals surface area contributed by atoms with E-state index in [2.05, 4.69) is 0 Å². The van der Waals surface area contributed by atoms with Crippen LogP contribution in [0.1, 0.15) is 6.42 Å². The van der Waals surface area contributed by atoms with E-state index < -0.39 is 49.8 Å². The number of amides is 1. The van der Waals surface area contributed by atoms with E-state index >= 15 is 0 Å². The van der Waals surface area contributed by atoms with Gasteiger partial charge in [0.05, 0.1) is 4.90 Å². The number of hydrogen-bond donors (Lipinski definition) is 1. The minimum absolute atomic E-state index is 0.272. The molecule has 0 aliphatic heterocycles. The van der Waals surface area contributed by atoms with Gasteiger partial charge in [-0.2, -0.15) is 13.2 Å². The maximum Gasteiger partial charge on any atom is 0.397 e. The molecule has 0 saturated carbocycles. The first-order valence-corrected chi connectivity index (χ1v) is 7.01. The van der Waals surface area contributed by atoms with Crippen LogP contribution in [0, 0.1) is 11.6 Å². The molecule has 0 bridgehead atoms. The summed E-state index contributed by atoms with van der Waals surface area (Å²) < 4.78 is 84.1. The molecule has 20 heavy (non-hydrogen) atoms. The second-order valence-electron chi connectivity index (χ2n) is 3.54. The fourth-order valence-corrected chi connectivity index (χ4v) is 1.93. The largest absolute Gasteiger partial charge is 0.397 e. The van der Waals surface area contributed by atoms with Crippen molar-refractivity contribution >= 4 is 31.3 Å². The van der Waals surface area contributed by atoms with E-state index in [1.165, 1.54) is 5.32 Å². The lowest BCUT2D eigenvalue weighted by molar-refractivity contribution is -0.150. The van der Waals surface area contributed by atoms with Crippen LogP contribution in [0.4, 0.5) is 27.6 Å². The lowest BCUT2D eigenvalue weighted by atomic mass is 10.2. The van der Waals surface area contributed by atoms with E-state index in [1.54, 1.807) is 0 Å². The SMILES string of the molecule is O=C(CC(F)(F)F)Nc1c(F)cc(S(=O)(=O)Cl)cc1F. The Labute approximate surface area is 113 Å². The molecule has 0 aliphatic carbocycles. The van der Waals surface area contributed by atoms with Crippen molar-refractivity contribution in [1.29, 1.82) is 0 Å². The Morgan fingerprint density at radius 2 is 1.65 bits per heavy atom. The molecule has 112 valence electrons. The quantitative estimate of drug-likeness (QED) is 0.681. The smallest absolute Gasteiger partial charge is 0.321 e. The van der Waals surface area contributed by atoms with Gasteiger partial charge in [-0.05, 0) is 12.1 Å². The van der Waals surface area contributed by atoms with Crippen molar-refractivity contribution in [3.63, 3.8) is 0 Å². The fourth-order valence-electron chi connectivity index (χ4n) is 1.18. The summed E-state index contributed by atoms with van der Waals surface area (Å²) >= 11 is 0. The van der Waals surface area contributed by atoms with Gasteiger partial charge in [0, 0.05) is 10.7 Å². The predicted molar refractivity (Wildman–Crippen MR) is 58.7 cm³/mol. The number of hydrogen-bond acceptors (Lipinski definition) is 3. The molecule has 0 aliphatic rings. The van der Waals surface area contributed by atoms with Gasteiger partial charge in [-0.25, -0.2) is 17.2 Å². The standard InChI is InChI=1S/C9H5ClF5NO3S/c10-20(18,19)4-1-5(11)8(6(12)2-4)16-7(17)3-9(13,14)15/h1-2H,3H2,(H,16,17). The van der Waals surface area contributed by atoms with E-state index in [1.807, 2.05) is 0 Å². The molecule has 1 rings (SSSR count).